The third-order valence-corrected chi connectivity index (χ3v) is 3.03. The number of nitrogens with one attached hydrogen (secondary N) is 1. The van der Waals surface area contributed by atoms with E-state index in [2.05, 4.69) is 5.32 Å². The number of halogens is 2. The molecule has 2 aromatic carbocycles. The largest absolute Gasteiger partial charge is 0.497 e. The third-order valence-electron chi connectivity index (χ3n) is 3.03. The van der Waals surface area contributed by atoms with Crippen molar-refractivity contribution in [3.05, 3.63) is 59.7 Å². The summed E-state index contributed by atoms with van der Waals surface area (Å²) >= 11 is 0. The van der Waals surface area contributed by atoms with Crippen LogP contribution in [0.25, 0.3) is 0 Å². The Morgan fingerprint density at radius 1 is 1.10 bits per heavy atom. The molecule has 1 N–H and O–H groups in total. The van der Waals surface area contributed by atoms with Gasteiger partial charge in [0, 0.05) is 12.1 Å². The van der Waals surface area contributed by atoms with Crippen LogP contribution in [0.3, 0.4) is 0 Å². The Bertz CT molecular complexity index is 569. The van der Waals surface area contributed by atoms with Crippen LogP contribution >= 0.6 is 0 Å². The zero-order valence-electron chi connectivity index (χ0n) is 11.5. The highest BCUT2D eigenvalue weighted by Gasteiger charge is 2.08. The van der Waals surface area contributed by atoms with E-state index in [0.29, 0.717) is 17.9 Å². The van der Waals surface area contributed by atoms with Gasteiger partial charge < -0.3 is 10.1 Å². The van der Waals surface area contributed by atoms with E-state index in [9.17, 15) is 8.78 Å². The first-order valence-electron chi connectivity index (χ1n) is 6.43. The zero-order valence-corrected chi connectivity index (χ0v) is 11.5. The van der Waals surface area contributed by atoms with Crippen molar-refractivity contribution in [2.75, 3.05) is 12.4 Å². The van der Waals surface area contributed by atoms with Crippen LogP contribution in [0.15, 0.2) is 42.5 Å². The minimum absolute atomic E-state index is 0.0158. The Morgan fingerprint density at radius 3 is 2.45 bits per heavy atom. The van der Waals surface area contributed by atoms with Crippen LogP contribution in [0.5, 0.6) is 5.75 Å². The lowest BCUT2D eigenvalue weighted by Crippen LogP contribution is -2.18. The lowest BCUT2D eigenvalue weighted by molar-refractivity contribution is 0.414. The second-order valence-corrected chi connectivity index (χ2v) is 4.72. The van der Waals surface area contributed by atoms with Crippen LogP contribution < -0.4 is 10.1 Å². The molecular formula is C16H17F2NO. The number of rotatable bonds is 5. The van der Waals surface area contributed by atoms with Gasteiger partial charge in [0.1, 0.15) is 17.4 Å². The summed E-state index contributed by atoms with van der Waals surface area (Å²) in [5.74, 6) is 0.0211. The molecule has 2 rings (SSSR count). The van der Waals surface area contributed by atoms with Crippen molar-refractivity contribution in [3.63, 3.8) is 0 Å². The van der Waals surface area contributed by atoms with Crippen LogP contribution in [0.2, 0.25) is 0 Å². The van der Waals surface area contributed by atoms with Crippen molar-refractivity contribution in [2.24, 2.45) is 0 Å². The molecule has 0 saturated heterocycles. The zero-order chi connectivity index (χ0) is 14.5. The van der Waals surface area contributed by atoms with Crippen molar-refractivity contribution in [3.8, 4) is 5.75 Å². The molecule has 0 bridgehead atoms. The summed E-state index contributed by atoms with van der Waals surface area (Å²) < 4.78 is 31.6. The van der Waals surface area contributed by atoms with Gasteiger partial charge in [0.05, 0.1) is 12.8 Å². The molecule has 0 fully saturated rings. The Balaban J connectivity index is 2.04. The van der Waals surface area contributed by atoms with Gasteiger partial charge in [-0.05, 0) is 43.2 Å². The van der Waals surface area contributed by atoms with E-state index >= 15 is 0 Å². The molecule has 1 unspecified atom stereocenters. The lowest BCUT2D eigenvalue weighted by Gasteiger charge is -2.16. The average molecular weight is 277 g/mol. The fourth-order valence-electron chi connectivity index (χ4n) is 2.03. The van der Waals surface area contributed by atoms with Crippen LogP contribution in [-0.2, 0) is 6.42 Å². The van der Waals surface area contributed by atoms with E-state index < -0.39 is 0 Å². The lowest BCUT2D eigenvalue weighted by atomic mass is 10.1. The number of anilines is 1. The van der Waals surface area contributed by atoms with Crippen molar-refractivity contribution >= 4 is 5.69 Å². The summed E-state index contributed by atoms with van der Waals surface area (Å²) in [4.78, 5) is 0. The van der Waals surface area contributed by atoms with Crippen LogP contribution in [0.4, 0.5) is 14.5 Å². The van der Waals surface area contributed by atoms with Crippen molar-refractivity contribution in [2.45, 2.75) is 19.4 Å². The maximum absolute atomic E-state index is 13.7. The maximum Gasteiger partial charge on any atom is 0.146 e. The molecule has 4 heteroatoms. The topological polar surface area (TPSA) is 21.3 Å². The second kappa shape index (κ2) is 6.37. The Kier molecular flexibility index (Phi) is 4.56. The van der Waals surface area contributed by atoms with E-state index in [1.54, 1.807) is 31.4 Å². The summed E-state index contributed by atoms with van der Waals surface area (Å²) in [7, 11) is 1.54. The first-order chi connectivity index (χ1) is 9.58. The summed E-state index contributed by atoms with van der Waals surface area (Å²) in [6.45, 7) is 1.95. The maximum atomic E-state index is 13.7. The average Bonchev–Trinajstić information content (AvgIpc) is 2.44. The molecule has 0 aliphatic rings. The molecule has 20 heavy (non-hydrogen) atoms. The van der Waals surface area contributed by atoms with Crippen LogP contribution in [0.1, 0.15) is 12.5 Å². The minimum Gasteiger partial charge on any atom is -0.497 e. The molecule has 106 valence electrons. The SMILES string of the molecule is COc1ccc(F)c(NC(C)Cc2ccc(F)cc2)c1. The number of methoxy groups -OCH3 is 1. The van der Waals surface area contributed by atoms with Gasteiger partial charge in [-0.25, -0.2) is 8.78 Å². The van der Waals surface area contributed by atoms with Gasteiger partial charge in [-0.3, -0.25) is 0 Å². The highest BCUT2D eigenvalue weighted by atomic mass is 19.1. The van der Waals surface area contributed by atoms with Gasteiger partial charge in [0.2, 0.25) is 0 Å². The molecule has 0 aliphatic heterocycles. The van der Waals surface area contributed by atoms with Crippen LogP contribution in [-0.4, -0.2) is 13.2 Å². The van der Waals surface area contributed by atoms with Crippen molar-refractivity contribution < 1.29 is 13.5 Å². The molecule has 0 radical (unpaired) electrons. The van der Waals surface area contributed by atoms with Gasteiger partial charge in [-0.1, -0.05) is 12.1 Å². The van der Waals surface area contributed by atoms with Crippen molar-refractivity contribution in [1.82, 2.24) is 0 Å². The van der Waals surface area contributed by atoms with Crippen LogP contribution in [0, 0.1) is 11.6 Å². The molecule has 0 heterocycles. The second-order valence-electron chi connectivity index (χ2n) is 4.72. The first-order valence-corrected chi connectivity index (χ1v) is 6.43. The molecule has 0 spiro atoms. The van der Waals surface area contributed by atoms with E-state index in [-0.39, 0.29) is 17.7 Å². The number of ether oxygens (including phenoxy) is 1. The normalized spacial score (nSPS) is 12.0. The summed E-state index contributed by atoms with van der Waals surface area (Å²) in [5.41, 5.74) is 1.40. The van der Waals surface area contributed by atoms with Gasteiger partial charge >= 0.3 is 0 Å². The predicted molar refractivity (Wildman–Crippen MR) is 76.1 cm³/mol. The molecule has 0 amide bonds. The fraction of sp³-hybridized carbons (Fsp3) is 0.250. The van der Waals surface area contributed by atoms with E-state index in [4.69, 9.17) is 4.74 Å². The standard InChI is InChI=1S/C16H17F2NO/c1-11(9-12-3-5-13(17)6-4-12)19-16-10-14(20-2)7-8-15(16)18/h3-8,10-11,19H,9H2,1-2H3. The molecule has 0 saturated carbocycles. The van der Waals surface area contributed by atoms with Gasteiger partial charge in [0.25, 0.3) is 0 Å². The summed E-state index contributed by atoms with van der Waals surface area (Å²) in [5, 5.41) is 3.10. The Labute approximate surface area is 117 Å². The van der Waals surface area contributed by atoms with E-state index in [1.165, 1.54) is 18.2 Å². The van der Waals surface area contributed by atoms with Gasteiger partial charge in [-0.15, -0.1) is 0 Å². The number of hydrogen-bond acceptors (Lipinski definition) is 2. The summed E-state index contributed by atoms with van der Waals surface area (Å²) in [6, 6.07) is 10.9. The summed E-state index contributed by atoms with van der Waals surface area (Å²) in [6.07, 6.45) is 0.678. The van der Waals surface area contributed by atoms with Gasteiger partial charge in [-0.2, -0.15) is 0 Å². The number of benzene rings is 2. The highest BCUT2D eigenvalue weighted by Crippen LogP contribution is 2.22. The Morgan fingerprint density at radius 2 is 1.80 bits per heavy atom. The molecule has 1 atom stereocenters. The molecule has 0 aliphatic carbocycles. The number of hydrogen-bond donors (Lipinski definition) is 1. The van der Waals surface area contributed by atoms with Crippen molar-refractivity contribution in [1.29, 1.82) is 0 Å². The van der Waals surface area contributed by atoms with E-state index in [0.717, 1.165) is 5.56 Å². The molecular weight excluding hydrogens is 260 g/mol. The first kappa shape index (κ1) is 14.3. The third kappa shape index (κ3) is 3.70. The fourth-order valence-corrected chi connectivity index (χ4v) is 2.03. The molecule has 2 nitrogen and oxygen atoms in total. The molecule has 0 aromatic heterocycles. The Hall–Kier alpha value is -2.10. The van der Waals surface area contributed by atoms with E-state index in [1.807, 2.05) is 6.92 Å². The highest BCUT2D eigenvalue weighted by molar-refractivity contribution is 5.50. The minimum atomic E-state index is -0.322. The van der Waals surface area contributed by atoms with Gasteiger partial charge in [0.15, 0.2) is 0 Å². The predicted octanol–water partition coefficient (Wildman–Crippen LogP) is 4.02. The molecule has 2 aromatic rings. The smallest absolute Gasteiger partial charge is 0.146 e. The quantitative estimate of drug-likeness (QED) is 0.891. The monoisotopic (exact) mass is 277 g/mol.